The van der Waals surface area contributed by atoms with Crippen LogP contribution in [0, 0.1) is 5.92 Å². The number of aromatic nitrogens is 1. The topological polar surface area (TPSA) is 34.3 Å². The van der Waals surface area contributed by atoms with E-state index in [1.165, 1.54) is 53.4 Å². The normalized spacial score (nSPS) is 34.1. The first-order valence-electron chi connectivity index (χ1n) is 14.2. The molecule has 4 atom stereocenters. The van der Waals surface area contributed by atoms with E-state index in [1.54, 1.807) is 0 Å². The molecule has 1 saturated heterocycles. The second kappa shape index (κ2) is 8.59. The summed E-state index contributed by atoms with van der Waals surface area (Å²) < 4.78 is 14.7. The molecule has 2 aromatic carbocycles. The Morgan fingerprint density at radius 1 is 1.08 bits per heavy atom. The predicted molar refractivity (Wildman–Crippen MR) is 145 cm³/mol. The number of fused-ring (bicyclic) bond motifs is 4. The average molecular weight is 487 g/mol. The van der Waals surface area contributed by atoms with Crippen molar-refractivity contribution in [2.75, 3.05) is 25.0 Å². The summed E-state index contributed by atoms with van der Waals surface area (Å²) in [5.41, 5.74) is 6.86. The van der Waals surface area contributed by atoms with Gasteiger partial charge in [0.2, 0.25) is 0 Å². The molecule has 4 fully saturated rings. The minimum atomic E-state index is -0.812. The van der Waals surface area contributed by atoms with Crippen molar-refractivity contribution < 1.29 is 4.39 Å². The van der Waals surface area contributed by atoms with Gasteiger partial charge in [-0.1, -0.05) is 37.3 Å². The van der Waals surface area contributed by atoms with Gasteiger partial charge >= 0.3 is 0 Å². The Morgan fingerprint density at radius 2 is 1.89 bits per heavy atom. The van der Waals surface area contributed by atoms with Crippen LogP contribution in [0.2, 0.25) is 0 Å². The van der Waals surface area contributed by atoms with E-state index in [1.807, 2.05) is 0 Å². The van der Waals surface area contributed by atoms with Crippen LogP contribution in [-0.4, -0.2) is 58.2 Å². The third kappa shape index (κ3) is 3.53. The lowest BCUT2D eigenvalue weighted by Crippen LogP contribution is -2.59. The molecule has 0 amide bonds. The molecule has 1 aromatic heterocycles. The van der Waals surface area contributed by atoms with E-state index in [-0.39, 0.29) is 12.1 Å². The van der Waals surface area contributed by atoms with Crippen molar-refractivity contribution in [3.63, 3.8) is 0 Å². The number of alkyl halides is 1. The Kier molecular flexibility index (Phi) is 5.44. The number of aromatic amines is 1. The number of rotatable bonds is 6. The summed E-state index contributed by atoms with van der Waals surface area (Å²) in [5.74, 6) is 0.931. The minimum Gasteiger partial charge on any atom is -0.378 e. The molecule has 190 valence electrons. The quantitative estimate of drug-likeness (QED) is 0.430. The summed E-state index contributed by atoms with van der Waals surface area (Å²) in [6.45, 7) is 6.91. The first-order chi connectivity index (χ1) is 17.5. The Bertz CT molecular complexity index is 1240. The lowest BCUT2D eigenvalue weighted by Gasteiger charge is -2.55. The number of para-hydroxylation sites is 1. The SMILES string of the molecule is CCCN1C[C@@H](F)[C@H](Nc2ccc([C@@H]3c4[nH]c5ccccc5c4C[C@@H](C)N3C34CCC(C3)C4)cc2)C1. The second-order valence-corrected chi connectivity index (χ2v) is 12.1. The maximum absolute atomic E-state index is 14.7. The zero-order chi connectivity index (χ0) is 24.4. The largest absolute Gasteiger partial charge is 0.378 e. The fourth-order valence-corrected chi connectivity index (χ4v) is 8.22. The van der Waals surface area contributed by atoms with Crippen molar-refractivity contribution in [3.05, 3.63) is 65.4 Å². The molecular weight excluding hydrogens is 447 g/mol. The molecular formula is C31H39FN4. The summed E-state index contributed by atoms with van der Waals surface area (Å²) in [5, 5.41) is 4.88. The predicted octanol–water partition coefficient (Wildman–Crippen LogP) is 6.29. The van der Waals surface area contributed by atoms with Crippen LogP contribution in [0.4, 0.5) is 10.1 Å². The standard InChI is InChI=1S/C31H39FN4/c1-3-14-35-18-26(32)28(19-35)33-23-10-8-22(9-11-23)30-29-25(24-6-4-5-7-27(24)34-29)15-20(2)36(30)31-13-12-21(16-31)17-31/h4-11,20-21,26,28,30,33-34H,3,12-19H2,1-2H3/t20-,21?,26-,28-,30-,31?/m1/s1. The molecule has 3 aliphatic carbocycles. The number of halogens is 1. The van der Waals surface area contributed by atoms with Gasteiger partial charge in [-0.25, -0.2) is 4.39 Å². The van der Waals surface area contributed by atoms with Crippen LogP contribution in [0.25, 0.3) is 10.9 Å². The van der Waals surface area contributed by atoms with Crippen molar-refractivity contribution in [2.24, 2.45) is 5.92 Å². The monoisotopic (exact) mass is 486 g/mol. The molecule has 0 radical (unpaired) electrons. The third-order valence-electron chi connectivity index (χ3n) is 9.72. The van der Waals surface area contributed by atoms with Crippen LogP contribution in [-0.2, 0) is 6.42 Å². The maximum atomic E-state index is 14.7. The van der Waals surface area contributed by atoms with Crippen molar-refractivity contribution in [3.8, 4) is 0 Å². The Balaban J connectivity index is 1.22. The summed E-state index contributed by atoms with van der Waals surface area (Å²) in [6, 6.07) is 18.4. The molecule has 3 aromatic rings. The molecule has 4 nitrogen and oxygen atoms in total. The van der Waals surface area contributed by atoms with E-state index >= 15 is 0 Å². The van der Waals surface area contributed by atoms with Gasteiger partial charge < -0.3 is 10.3 Å². The summed E-state index contributed by atoms with van der Waals surface area (Å²) >= 11 is 0. The molecule has 8 rings (SSSR count). The molecule has 0 spiro atoms. The fraction of sp³-hybridized carbons (Fsp3) is 0.548. The van der Waals surface area contributed by atoms with Crippen LogP contribution >= 0.6 is 0 Å². The van der Waals surface area contributed by atoms with E-state index in [2.05, 4.69) is 82.5 Å². The number of hydrogen-bond donors (Lipinski definition) is 2. The Morgan fingerprint density at radius 3 is 2.64 bits per heavy atom. The van der Waals surface area contributed by atoms with E-state index < -0.39 is 6.17 Å². The van der Waals surface area contributed by atoms with Crippen molar-refractivity contribution in [2.45, 2.75) is 82.2 Å². The smallest absolute Gasteiger partial charge is 0.134 e. The number of hydrogen-bond acceptors (Lipinski definition) is 3. The molecule has 5 heteroatoms. The third-order valence-corrected chi connectivity index (χ3v) is 9.72. The van der Waals surface area contributed by atoms with Crippen LogP contribution < -0.4 is 5.32 Å². The number of nitrogens with zero attached hydrogens (tertiary/aromatic N) is 2. The van der Waals surface area contributed by atoms with Crippen molar-refractivity contribution >= 4 is 16.6 Å². The highest BCUT2D eigenvalue weighted by atomic mass is 19.1. The highest BCUT2D eigenvalue weighted by Gasteiger charge is 2.58. The molecule has 2 N–H and O–H groups in total. The fourth-order valence-electron chi connectivity index (χ4n) is 8.22. The molecule has 36 heavy (non-hydrogen) atoms. The van der Waals surface area contributed by atoms with Crippen LogP contribution in [0.1, 0.15) is 68.8 Å². The van der Waals surface area contributed by atoms with Gasteiger partial charge in [-0.3, -0.25) is 9.80 Å². The lowest BCUT2D eigenvalue weighted by molar-refractivity contribution is -0.0339. The Hall–Kier alpha value is -2.37. The van der Waals surface area contributed by atoms with E-state index in [9.17, 15) is 4.39 Å². The highest BCUT2D eigenvalue weighted by molar-refractivity contribution is 5.85. The van der Waals surface area contributed by atoms with Crippen LogP contribution in [0.3, 0.4) is 0 Å². The molecule has 5 aliphatic rings. The molecule has 0 unspecified atom stereocenters. The van der Waals surface area contributed by atoms with Gasteiger partial charge in [-0.05, 0) is 87.2 Å². The first kappa shape index (κ1) is 22.8. The van der Waals surface area contributed by atoms with Gasteiger partial charge in [0.15, 0.2) is 0 Å². The van der Waals surface area contributed by atoms with Gasteiger partial charge in [0.1, 0.15) is 6.17 Å². The van der Waals surface area contributed by atoms with Crippen LogP contribution in [0.5, 0.6) is 0 Å². The lowest BCUT2D eigenvalue weighted by atomic mass is 9.72. The van der Waals surface area contributed by atoms with E-state index in [0.29, 0.717) is 18.1 Å². The molecule has 2 bridgehead atoms. The highest BCUT2D eigenvalue weighted by Crippen LogP contribution is 2.60. The van der Waals surface area contributed by atoms with Crippen molar-refractivity contribution in [1.29, 1.82) is 0 Å². The average Bonchev–Trinajstić information content (AvgIpc) is 3.62. The van der Waals surface area contributed by atoms with Gasteiger partial charge in [0, 0.05) is 47.0 Å². The van der Waals surface area contributed by atoms with Gasteiger partial charge in [0.05, 0.1) is 12.1 Å². The number of likely N-dealkylation sites (tertiary alicyclic amines) is 1. The number of anilines is 1. The maximum Gasteiger partial charge on any atom is 0.134 e. The van der Waals surface area contributed by atoms with Gasteiger partial charge in [-0.2, -0.15) is 0 Å². The van der Waals surface area contributed by atoms with Crippen molar-refractivity contribution in [1.82, 2.24) is 14.8 Å². The van der Waals surface area contributed by atoms with E-state index in [4.69, 9.17) is 0 Å². The Labute approximate surface area is 214 Å². The molecule has 3 heterocycles. The molecule has 2 aliphatic heterocycles. The number of H-pyrrole nitrogens is 1. The summed E-state index contributed by atoms with van der Waals surface area (Å²) in [4.78, 5) is 8.98. The van der Waals surface area contributed by atoms with Crippen LogP contribution in [0.15, 0.2) is 48.5 Å². The summed E-state index contributed by atoms with van der Waals surface area (Å²) in [6.07, 6.45) is 6.81. The number of benzene rings is 2. The first-order valence-corrected chi connectivity index (χ1v) is 14.2. The second-order valence-electron chi connectivity index (χ2n) is 12.1. The van der Waals surface area contributed by atoms with E-state index in [0.717, 1.165) is 37.5 Å². The van der Waals surface area contributed by atoms with Gasteiger partial charge in [0.25, 0.3) is 0 Å². The minimum absolute atomic E-state index is 0.127. The zero-order valence-corrected chi connectivity index (χ0v) is 21.6. The van der Waals surface area contributed by atoms with Gasteiger partial charge in [-0.15, -0.1) is 0 Å². The zero-order valence-electron chi connectivity index (χ0n) is 21.6. The molecule has 3 saturated carbocycles. The number of nitrogens with one attached hydrogen (secondary N) is 2. The summed E-state index contributed by atoms with van der Waals surface area (Å²) in [7, 11) is 0.